The van der Waals surface area contributed by atoms with Crippen LogP contribution in [0.15, 0.2) is 48.1 Å². The van der Waals surface area contributed by atoms with Crippen molar-refractivity contribution in [3.8, 4) is 6.07 Å². The largest absolute Gasteiger partial charge is 0.448 e. The van der Waals surface area contributed by atoms with Crippen molar-refractivity contribution in [2.45, 2.75) is 63.4 Å². The van der Waals surface area contributed by atoms with Gasteiger partial charge in [-0.1, -0.05) is 30.7 Å². The molecule has 0 amide bonds. The summed E-state index contributed by atoms with van der Waals surface area (Å²) >= 11 is 0. The molecule has 0 unspecified atom stereocenters. The summed E-state index contributed by atoms with van der Waals surface area (Å²) in [5.74, 6) is -2.45. The van der Waals surface area contributed by atoms with E-state index in [2.05, 4.69) is 0 Å². The van der Waals surface area contributed by atoms with Crippen molar-refractivity contribution in [3.05, 3.63) is 59.4 Å². The number of ether oxygens (including phenoxy) is 1. The number of alkyl halides is 1. The number of aliphatic hydroxyl groups is 1. The van der Waals surface area contributed by atoms with E-state index in [0.717, 1.165) is 5.56 Å². The molecular formula is C30H32F2N2O5. The van der Waals surface area contributed by atoms with E-state index in [1.807, 2.05) is 13.0 Å². The smallest absolute Gasteiger partial charge is 0.342 e. The predicted octanol–water partition coefficient (Wildman–Crippen LogP) is 3.98. The number of halogens is 2. The molecule has 3 saturated carbocycles. The van der Waals surface area contributed by atoms with Crippen LogP contribution in [-0.2, 0) is 25.7 Å². The molecule has 0 radical (unpaired) electrons. The number of hydrogen-bond acceptors (Lipinski definition) is 7. The maximum absolute atomic E-state index is 17.5. The molecule has 6 rings (SSSR count). The highest BCUT2D eigenvalue weighted by Crippen LogP contribution is 2.72. The summed E-state index contributed by atoms with van der Waals surface area (Å²) in [5, 5.41) is 22.4. The Morgan fingerprint density at radius 1 is 1.28 bits per heavy atom. The molecule has 1 aromatic carbocycles. The van der Waals surface area contributed by atoms with Crippen molar-refractivity contribution in [3.63, 3.8) is 0 Å². The highest BCUT2D eigenvalue weighted by Gasteiger charge is 2.79. The number of esters is 1. The molecule has 206 valence electrons. The Balaban J connectivity index is 1.38. The third kappa shape index (κ3) is 3.41. The monoisotopic (exact) mass is 538 g/mol. The molecule has 1 aliphatic heterocycles. The summed E-state index contributed by atoms with van der Waals surface area (Å²) in [7, 11) is 0. The highest BCUT2D eigenvalue weighted by molar-refractivity contribution is 6.01. The van der Waals surface area contributed by atoms with Gasteiger partial charge in [0.1, 0.15) is 11.9 Å². The summed E-state index contributed by atoms with van der Waals surface area (Å²) < 4.78 is 36.3. The van der Waals surface area contributed by atoms with E-state index in [4.69, 9.17) is 14.8 Å². The highest BCUT2D eigenvalue weighted by atomic mass is 19.1. The van der Waals surface area contributed by atoms with Crippen molar-refractivity contribution in [1.82, 2.24) is 5.06 Å². The molecule has 1 aromatic rings. The molecule has 4 aliphatic carbocycles. The van der Waals surface area contributed by atoms with E-state index in [1.165, 1.54) is 24.3 Å². The Hall–Kier alpha value is -2.93. The molecule has 0 bridgehead atoms. The average Bonchev–Trinajstić information content (AvgIpc) is 3.37. The van der Waals surface area contributed by atoms with Gasteiger partial charge in [0.05, 0.1) is 6.10 Å². The topological polar surface area (TPSA) is 99.9 Å². The number of benzene rings is 1. The Morgan fingerprint density at radius 3 is 2.74 bits per heavy atom. The van der Waals surface area contributed by atoms with E-state index in [1.54, 1.807) is 30.2 Å². The number of hydrogen-bond donors (Lipinski definition) is 1. The van der Waals surface area contributed by atoms with E-state index < -0.39 is 46.7 Å². The lowest BCUT2D eigenvalue weighted by molar-refractivity contribution is -0.275. The standard InChI is InChI=1S/C30H32F2N2O5/c1-27-10-9-22(35)13-19(27)5-8-23-24-14-20-17-34(16-18-3-6-21(31)7-4-18)39-30(20,26(37)38-12-11-33)28(24,2)15-25(36)29(23,27)32/h3-4,6-7,9-10,13,20,23-25,36H,5,8,12,14-17H2,1-2H3/t20-,23-,24-,25-,27-,28-,29-,30-/m0/s1. The minimum Gasteiger partial charge on any atom is -0.448 e. The van der Waals surface area contributed by atoms with Crippen LogP contribution in [0.1, 0.15) is 45.1 Å². The molecule has 1 N–H and O–H groups in total. The first-order chi connectivity index (χ1) is 18.5. The van der Waals surface area contributed by atoms with E-state index in [-0.39, 0.29) is 29.9 Å². The molecule has 1 heterocycles. The van der Waals surface area contributed by atoms with Gasteiger partial charge in [-0.05, 0) is 68.4 Å². The van der Waals surface area contributed by atoms with E-state index >= 15 is 4.39 Å². The molecule has 0 aromatic heterocycles. The summed E-state index contributed by atoms with van der Waals surface area (Å²) in [6.07, 6.45) is 4.46. The van der Waals surface area contributed by atoms with Crippen molar-refractivity contribution < 1.29 is 33.1 Å². The first kappa shape index (κ1) is 26.3. The molecule has 8 atom stereocenters. The maximum Gasteiger partial charge on any atom is 0.342 e. The SMILES string of the molecule is C[C@]12C=CC(=O)C=C1CC[C@H]1[C@@H]3C[C@H]4CN(Cc5ccc(F)cc5)O[C@@]4(C(=O)OCC#N)[C@@]3(C)C[C@H](O)[C@@]12F. The van der Waals surface area contributed by atoms with Crippen LogP contribution >= 0.6 is 0 Å². The minimum atomic E-state index is -2.03. The Morgan fingerprint density at radius 2 is 2.03 bits per heavy atom. The zero-order valence-electron chi connectivity index (χ0n) is 22.0. The zero-order chi connectivity index (χ0) is 27.8. The summed E-state index contributed by atoms with van der Waals surface area (Å²) in [6.45, 7) is 3.86. The number of ketones is 1. The van der Waals surface area contributed by atoms with Crippen molar-refractivity contribution in [1.29, 1.82) is 5.26 Å². The van der Waals surface area contributed by atoms with Gasteiger partial charge in [-0.2, -0.15) is 10.3 Å². The lowest BCUT2D eigenvalue weighted by atomic mass is 9.45. The third-order valence-corrected chi connectivity index (χ3v) is 10.5. The van der Waals surface area contributed by atoms with Crippen LogP contribution < -0.4 is 0 Å². The second kappa shape index (κ2) is 8.79. The Kier molecular flexibility index (Phi) is 5.92. The maximum atomic E-state index is 17.5. The van der Waals surface area contributed by atoms with E-state index in [0.29, 0.717) is 37.9 Å². The van der Waals surface area contributed by atoms with Gasteiger partial charge in [0, 0.05) is 35.8 Å². The van der Waals surface area contributed by atoms with Crippen molar-refractivity contribution >= 4 is 11.8 Å². The molecule has 4 fully saturated rings. The van der Waals surface area contributed by atoms with Crippen molar-refractivity contribution in [2.75, 3.05) is 13.2 Å². The molecule has 1 saturated heterocycles. The fourth-order valence-electron chi connectivity index (χ4n) is 8.76. The third-order valence-electron chi connectivity index (χ3n) is 10.5. The lowest BCUT2D eigenvalue weighted by Gasteiger charge is -2.62. The van der Waals surface area contributed by atoms with Crippen LogP contribution in [0.25, 0.3) is 0 Å². The van der Waals surface area contributed by atoms with E-state index in [9.17, 15) is 19.1 Å². The number of hydroxylamine groups is 2. The fourth-order valence-corrected chi connectivity index (χ4v) is 8.76. The van der Waals surface area contributed by atoms with Gasteiger partial charge in [0.25, 0.3) is 0 Å². The number of nitriles is 1. The Labute approximate surface area is 226 Å². The number of nitrogens with zero attached hydrogens (tertiary/aromatic N) is 2. The lowest BCUT2D eigenvalue weighted by Crippen LogP contribution is -2.69. The quantitative estimate of drug-likeness (QED) is 0.579. The molecule has 7 nitrogen and oxygen atoms in total. The van der Waals surface area contributed by atoms with Crippen LogP contribution in [0.4, 0.5) is 8.78 Å². The number of rotatable bonds is 4. The molecule has 0 spiro atoms. The number of aliphatic hydroxyl groups excluding tert-OH is 1. The predicted molar refractivity (Wildman–Crippen MR) is 134 cm³/mol. The van der Waals surface area contributed by atoms with Gasteiger partial charge in [-0.15, -0.1) is 0 Å². The second-order valence-electron chi connectivity index (χ2n) is 12.2. The molecule has 5 aliphatic rings. The van der Waals surface area contributed by atoms with Crippen LogP contribution in [0, 0.1) is 45.7 Å². The first-order valence-corrected chi connectivity index (χ1v) is 13.5. The van der Waals surface area contributed by atoms with Crippen LogP contribution in [-0.4, -0.2) is 52.4 Å². The zero-order valence-corrected chi connectivity index (χ0v) is 22.0. The number of fused-ring (bicyclic) bond motifs is 7. The van der Waals surface area contributed by atoms with Gasteiger partial charge in [-0.3, -0.25) is 9.63 Å². The average molecular weight is 539 g/mol. The summed E-state index contributed by atoms with van der Waals surface area (Å²) in [6, 6.07) is 7.86. The molecular weight excluding hydrogens is 506 g/mol. The van der Waals surface area contributed by atoms with Gasteiger partial charge in [-0.25, -0.2) is 13.6 Å². The van der Waals surface area contributed by atoms with Gasteiger partial charge in [0.15, 0.2) is 23.7 Å². The van der Waals surface area contributed by atoms with Gasteiger partial charge < -0.3 is 9.84 Å². The van der Waals surface area contributed by atoms with Gasteiger partial charge >= 0.3 is 5.97 Å². The van der Waals surface area contributed by atoms with Crippen LogP contribution in [0.3, 0.4) is 0 Å². The normalized spacial score (nSPS) is 42.6. The second-order valence-corrected chi connectivity index (χ2v) is 12.2. The van der Waals surface area contributed by atoms with Crippen LogP contribution in [0.2, 0.25) is 0 Å². The number of carbonyl (C=O) groups is 2. The molecule has 9 heteroatoms. The van der Waals surface area contributed by atoms with Crippen molar-refractivity contribution in [2.24, 2.45) is 28.6 Å². The summed E-state index contributed by atoms with van der Waals surface area (Å²) in [4.78, 5) is 32.4. The minimum absolute atomic E-state index is 0.0438. The first-order valence-electron chi connectivity index (χ1n) is 13.5. The Bertz CT molecular complexity index is 1320. The number of carbonyl (C=O) groups excluding carboxylic acids is 2. The van der Waals surface area contributed by atoms with Gasteiger partial charge in [0.2, 0.25) is 0 Å². The molecule has 39 heavy (non-hydrogen) atoms. The fraction of sp³-hybridized carbons (Fsp3) is 0.567. The summed E-state index contributed by atoms with van der Waals surface area (Å²) in [5.41, 5.74) is -4.16. The number of allylic oxidation sites excluding steroid dienone is 4. The van der Waals surface area contributed by atoms with Crippen LogP contribution in [0.5, 0.6) is 0 Å².